The number of aromatic amines is 1. The molecule has 4 rings (SSSR count). The monoisotopic (exact) mass is 479 g/mol. The number of carbonyl (C=O) groups excluding carboxylic acids is 2. The normalized spacial score (nSPS) is 11.8. The number of benzene rings is 2. The van der Waals surface area contributed by atoms with Crippen molar-refractivity contribution in [3.63, 3.8) is 0 Å². The summed E-state index contributed by atoms with van der Waals surface area (Å²) in [6.07, 6.45) is 0. The lowest BCUT2D eigenvalue weighted by Gasteiger charge is -2.24. The molecule has 2 amide bonds. The number of esters is 1. The number of para-hydroxylation sites is 2. The summed E-state index contributed by atoms with van der Waals surface area (Å²) in [7, 11) is 1.55. The van der Waals surface area contributed by atoms with Gasteiger partial charge < -0.3 is 34.1 Å². The number of nitrogens with zero attached hydrogens (tertiary/aromatic N) is 1. The van der Waals surface area contributed by atoms with Crippen molar-refractivity contribution in [1.29, 1.82) is 0 Å². The van der Waals surface area contributed by atoms with E-state index in [4.69, 9.17) is 18.9 Å². The van der Waals surface area contributed by atoms with Crippen LogP contribution in [0.5, 0.6) is 17.2 Å². The van der Waals surface area contributed by atoms with Gasteiger partial charge in [0.05, 0.1) is 31.5 Å². The summed E-state index contributed by atoms with van der Waals surface area (Å²) in [6, 6.07) is 12.5. The third-order valence-electron chi connectivity index (χ3n) is 5.82. The topological polar surface area (TPSA) is 102 Å². The van der Waals surface area contributed by atoms with Crippen molar-refractivity contribution >= 4 is 17.7 Å². The fourth-order valence-electron chi connectivity index (χ4n) is 4.07. The number of urea groups is 1. The van der Waals surface area contributed by atoms with Crippen molar-refractivity contribution < 1.29 is 28.5 Å². The quantitative estimate of drug-likeness (QED) is 0.451. The second-order valence-electron chi connectivity index (χ2n) is 8.12. The maximum atomic E-state index is 13.5. The molecule has 0 spiro atoms. The molecule has 0 radical (unpaired) electrons. The standard InChI is InChI=1S/C26H29N3O6/c1-5-33-25(30)24-16(2)20(27-17(24)3)14-29(13-18-10-11-22-23(12-18)35-15-34-22)26(31)28-19-8-6-7-9-21(19)32-4/h6-12,27H,5,13-15H2,1-4H3,(H,28,31). The number of aromatic nitrogens is 1. The summed E-state index contributed by atoms with van der Waals surface area (Å²) < 4.78 is 21.5. The van der Waals surface area contributed by atoms with Crippen LogP contribution < -0.4 is 19.5 Å². The Hall–Kier alpha value is -4.14. The van der Waals surface area contributed by atoms with E-state index in [1.807, 2.05) is 44.2 Å². The number of amides is 2. The van der Waals surface area contributed by atoms with Crippen LogP contribution in [0.1, 0.15) is 39.8 Å². The summed E-state index contributed by atoms with van der Waals surface area (Å²) >= 11 is 0. The predicted molar refractivity (Wildman–Crippen MR) is 130 cm³/mol. The number of methoxy groups -OCH3 is 1. The highest BCUT2D eigenvalue weighted by atomic mass is 16.7. The van der Waals surface area contributed by atoms with E-state index in [0.717, 1.165) is 16.8 Å². The van der Waals surface area contributed by atoms with Gasteiger partial charge in [-0.05, 0) is 56.2 Å². The third-order valence-corrected chi connectivity index (χ3v) is 5.82. The molecule has 9 nitrogen and oxygen atoms in total. The number of hydrogen-bond donors (Lipinski definition) is 2. The number of aryl methyl sites for hydroxylation is 1. The number of nitrogens with one attached hydrogen (secondary N) is 2. The van der Waals surface area contributed by atoms with Gasteiger partial charge in [-0.25, -0.2) is 9.59 Å². The van der Waals surface area contributed by atoms with Crippen LogP contribution in [-0.2, 0) is 17.8 Å². The fraction of sp³-hybridized carbons (Fsp3) is 0.308. The molecule has 2 heterocycles. The van der Waals surface area contributed by atoms with Gasteiger partial charge in [-0.1, -0.05) is 18.2 Å². The summed E-state index contributed by atoms with van der Waals surface area (Å²) in [6.45, 7) is 6.43. The van der Waals surface area contributed by atoms with Crippen molar-refractivity contribution in [3.8, 4) is 17.2 Å². The first-order valence-corrected chi connectivity index (χ1v) is 11.3. The van der Waals surface area contributed by atoms with Crippen LogP contribution >= 0.6 is 0 Å². The Labute approximate surface area is 203 Å². The average Bonchev–Trinajstić information content (AvgIpc) is 3.42. The number of hydrogen-bond acceptors (Lipinski definition) is 6. The van der Waals surface area contributed by atoms with Gasteiger partial charge >= 0.3 is 12.0 Å². The maximum Gasteiger partial charge on any atom is 0.340 e. The van der Waals surface area contributed by atoms with E-state index >= 15 is 0 Å². The summed E-state index contributed by atoms with van der Waals surface area (Å²) in [4.78, 5) is 30.8. The Balaban J connectivity index is 1.63. The van der Waals surface area contributed by atoms with E-state index in [0.29, 0.717) is 40.7 Å². The zero-order chi connectivity index (χ0) is 24.9. The highest BCUT2D eigenvalue weighted by molar-refractivity contribution is 5.93. The van der Waals surface area contributed by atoms with E-state index in [-0.39, 0.29) is 31.9 Å². The smallest absolute Gasteiger partial charge is 0.340 e. The molecule has 1 aromatic heterocycles. The molecule has 184 valence electrons. The Morgan fingerprint density at radius 1 is 1.09 bits per heavy atom. The minimum atomic E-state index is -0.384. The Bertz CT molecular complexity index is 1240. The van der Waals surface area contributed by atoms with Crippen molar-refractivity contribution in [1.82, 2.24) is 9.88 Å². The Morgan fingerprint density at radius 3 is 2.63 bits per heavy atom. The van der Waals surface area contributed by atoms with Crippen LogP contribution in [0.15, 0.2) is 42.5 Å². The lowest BCUT2D eigenvalue weighted by molar-refractivity contribution is 0.0525. The molecule has 3 aromatic rings. The van der Waals surface area contributed by atoms with Crippen molar-refractivity contribution in [2.24, 2.45) is 0 Å². The van der Waals surface area contributed by atoms with Crippen LogP contribution in [0.2, 0.25) is 0 Å². The van der Waals surface area contributed by atoms with E-state index in [1.165, 1.54) is 0 Å². The highest BCUT2D eigenvalue weighted by Crippen LogP contribution is 2.33. The van der Waals surface area contributed by atoms with Gasteiger partial charge in [0.15, 0.2) is 11.5 Å². The minimum Gasteiger partial charge on any atom is -0.495 e. The van der Waals surface area contributed by atoms with Crippen molar-refractivity contribution in [2.45, 2.75) is 33.9 Å². The summed E-state index contributed by atoms with van der Waals surface area (Å²) in [5.41, 5.74) is 4.13. The lowest BCUT2D eigenvalue weighted by Crippen LogP contribution is -2.34. The number of carbonyl (C=O) groups is 2. The highest BCUT2D eigenvalue weighted by Gasteiger charge is 2.24. The molecule has 35 heavy (non-hydrogen) atoms. The summed E-state index contributed by atoms with van der Waals surface area (Å²) in [5, 5.41) is 2.94. The van der Waals surface area contributed by atoms with Gasteiger partial charge in [-0.15, -0.1) is 0 Å². The number of H-pyrrole nitrogens is 1. The average molecular weight is 480 g/mol. The molecule has 0 unspecified atom stereocenters. The molecule has 1 aliphatic rings. The van der Waals surface area contributed by atoms with Crippen LogP contribution in [0.25, 0.3) is 0 Å². The van der Waals surface area contributed by atoms with Gasteiger partial charge in [-0.3, -0.25) is 0 Å². The van der Waals surface area contributed by atoms with E-state index < -0.39 is 0 Å². The minimum absolute atomic E-state index is 0.175. The second-order valence-corrected chi connectivity index (χ2v) is 8.12. The lowest BCUT2D eigenvalue weighted by atomic mass is 10.1. The Kier molecular flexibility index (Phi) is 7.14. The molecule has 2 N–H and O–H groups in total. The zero-order valence-electron chi connectivity index (χ0n) is 20.3. The van der Waals surface area contributed by atoms with Crippen LogP contribution in [0.3, 0.4) is 0 Å². The van der Waals surface area contributed by atoms with Gasteiger partial charge in [0.25, 0.3) is 0 Å². The van der Waals surface area contributed by atoms with E-state index in [9.17, 15) is 9.59 Å². The molecule has 1 aliphatic heterocycles. The van der Waals surface area contributed by atoms with Crippen molar-refractivity contribution in [2.75, 3.05) is 25.8 Å². The first kappa shape index (κ1) is 24.0. The maximum absolute atomic E-state index is 13.5. The predicted octanol–water partition coefficient (Wildman–Crippen LogP) is 4.78. The molecule has 0 aliphatic carbocycles. The summed E-state index contributed by atoms with van der Waals surface area (Å²) in [5.74, 6) is 1.49. The second kappa shape index (κ2) is 10.4. The molecule has 9 heteroatoms. The van der Waals surface area contributed by atoms with Gasteiger partial charge in [0.2, 0.25) is 6.79 Å². The molecule has 0 saturated carbocycles. The first-order chi connectivity index (χ1) is 16.9. The van der Waals surface area contributed by atoms with E-state index in [2.05, 4.69) is 10.3 Å². The molecule has 0 saturated heterocycles. The van der Waals surface area contributed by atoms with Gasteiger partial charge in [-0.2, -0.15) is 0 Å². The Morgan fingerprint density at radius 2 is 1.86 bits per heavy atom. The number of ether oxygens (including phenoxy) is 4. The zero-order valence-corrected chi connectivity index (χ0v) is 20.3. The van der Waals surface area contributed by atoms with Crippen LogP contribution in [0, 0.1) is 13.8 Å². The molecular weight excluding hydrogens is 450 g/mol. The molecule has 2 aromatic carbocycles. The van der Waals surface area contributed by atoms with Crippen LogP contribution in [-0.4, -0.2) is 42.4 Å². The van der Waals surface area contributed by atoms with Crippen molar-refractivity contribution in [3.05, 3.63) is 70.5 Å². The largest absolute Gasteiger partial charge is 0.495 e. The third kappa shape index (κ3) is 5.18. The number of anilines is 1. The SMILES string of the molecule is CCOC(=O)c1c(C)[nH]c(CN(Cc2ccc3c(c2)OCO3)C(=O)Nc2ccccc2OC)c1C. The van der Waals surface area contributed by atoms with Gasteiger partial charge in [0, 0.05) is 17.9 Å². The number of fused-ring (bicyclic) bond motifs is 1. The van der Waals surface area contributed by atoms with Gasteiger partial charge in [0.1, 0.15) is 5.75 Å². The fourth-order valence-corrected chi connectivity index (χ4v) is 4.07. The van der Waals surface area contributed by atoms with Crippen LogP contribution in [0.4, 0.5) is 10.5 Å². The molecule has 0 bridgehead atoms. The van der Waals surface area contributed by atoms with E-state index in [1.54, 1.807) is 31.1 Å². The molecule has 0 atom stereocenters. The number of rotatable bonds is 8. The first-order valence-electron chi connectivity index (χ1n) is 11.3. The molecular formula is C26H29N3O6. The molecule has 0 fully saturated rings.